The molecule has 0 unspecified atom stereocenters. The number of sulfonamides is 1. The van der Waals surface area contributed by atoms with E-state index in [0.717, 1.165) is 55.2 Å². The predicted molar refractivity (Wildman–Crippen MR) is 162 cm³/mol. The van der Waals surface area contributed by atoms with Crippen molar-refractivity contribution in [1.29, 1.82) is 0 Å². The lowest BCUT2D eigenvalue weighted by Gasteiger charge is -2.27. The molecule has 3 aromatic rings. The molecule has 1 aromatic heterocycles. The van der Waals surface area contributed by atoms with Crippen molar-refractivity contribution in [2.45, 2.75) is 50.8 Å². The smallest absolute Gasteiger partial charge is 0.286 e. The van der Waals surface area contributed by atoms with E-state index in [-0.39, 0.29) is 10.8 Å². The molecule has 8 nitrogen and oxygen atoms in total. The normalized spacial score (nSPS) is 17.2. The predicted octanol–water partition coefficient (Wildman–Crippen LogP) is 5.81. The van der Waals surface area contributed by atoms with Crippen molar-refractivity contribution in [2.75, 3.05) is 26.2 Å². The van der Waals surface area contributed by atoms with Crippen LogP contribution < -0.4 is 0 Å². The van der Waals surface area contributed by atoms with Crippen molar-refractivity contribution >= 4 is 38.9 Å². The number of hydrogen-bond acceptors (Lipinski definition) is 6. The molecule has 0 N–H and O–H groups in total. The Morgan fingerprint density at radius 3 is 2.40 bits per heavy atom. The van der Waals surface area contributed by atoms with E-state index in [2.05, 4.69) is 9.89 Å². The van der Waals surface area contributed by atoms with Gasteiger partial charge in [0.1, 0.15) is 5.69 Å². The second-order valence-electron chi connectivity index (χ2n) is 10.0. The summed E-state index contributed by atoms with van der Waals surface area (Å²) in [7, 11) is -3.66. The van der Waals surface area contributed by atoms with Crippen LogP contribution in [0.15, 0.2) is 75.6 Å². The fourth-order valence-electron chi connectivity index (χ4n) is 4.99. The highest BCUT2D eigenvalue weighted by molar-refractivity contribution is 8.18. The maximum atomic E-state index is 13.5. The van der Waals surface area contributed by atoms with Gasteiger partial charge in [-0.2, -0.15) is 14.4 Å². The van der Waals surface area contributed by atoms with Gasteiger partial charge in [0.2, 0.25) is 10.0 Å². The molecule has 0 atom stereocenters. The monoisotopic (exact) mass is 577 g/mol. The SMILES string of the molecule is CCCN(CCC)S(=O)(=O)c1cccc(-c2nn(-c3ccccc3)cc2C=C2SC(N3CCCCC3)=NC2=O)c1. The van der Waals surface area contributed by atoms with E-state index in [4.69, 9.17) is 5.10 Å². The van der Waals surface area contributed by atoms with Crippen LogP contribution in [0.25, 0.3) is 23.0 Å². The Bertz CT molecular complexity index is 1520. The summed E-state index contributed by atoms with van der Waals surface area (Å²) in [6.45, 7) is 6.73. The van der Waals surface area contributed by atoms with Crippen molar-refractivity contribution in [3.05, 3.63) is 71.3 Å². The van der Waals surface area contributed by atoms with Gasteiger partial charge in [-0.3, -0.25) is 4.79 Å². The van der Waals surface area contributed by atoms with E-state index in [0.29, 0.717) is 29.3 Å². The van der Waals surface area contributed by atoms with Crippen LogP contribution in [0.2, 0.25) is 0 Å². The van der Waals surface area contributed by atoms with Gasteiger partial charge in [0.15, 0.2) is 5.17 Å². The Kier molecular flexibility index (Phi) is 8.87. The zero-order chi connectivity index (χ0) is 28.1. The zero-order valence-corrected chi connectivity index (χ0v) is 24.6. The molecule has 0 bridgehead atoms. The highest BCUT2D eigenvalue weighted by Gasteiger charge is 2.28. The number of carbonyl (C=O) groups is 1. The second kappa shape index (κ2) is 12.5. The van der Waals surface area contributed by atoms with Gasteiger partial charge < -0.3 is 4.90 Å². The molecule has 0 saturated carbocycles. The van der Waals surface area contributed by atoms with Crippen molar-refractivity contribution < 1.29 is 13.2 Å². The van der Waals surface area contributed by atoms with Gasteiger partial charge in [0.25, 0.3) is 5.91 Å². The number of nitrogens with zero attached hydrogens (tertiary/aromatic N) is 5. The van der Waals surface area contributed by atoms with E-state index in [9.17, 15) is 13.2 Å². The average Bonchev–Trinajstić information content (AvgIpc) is 3.57. The number of carbonyl (C=O) groups excluding carboxylic acids is 1. The van der Waals surface area contributed by atoms with Gasteiger partial charge in [-0.1, -0.05) is 44.2 Å². The number of thioether (sulfide) groups is 1. The Morgan fingerprint density at radius 1 is 0.975 bits per heavy atom. The lowest BCUT2D eigenvalue weighted by molar-refractivity contribution is -0.113. The minimum absolute atomic E-state index is 0.238. The maximum Gasteiger partial charge on any atom is 0.286 e. The highest BCUT2D eigenvalue weighted by atomic mass is 32.2. The molecule has 210 valence electrons. The summed E-state index contributed by atoms with van der Waals surface area (Å²) >= 11 is 1.40. The number of rotatable bonds is 9. The zero-order valence-electron chi connectivity index (χ0n) is 23.0. The first-order valence-corrected chi connectivity index (χ1v) is 16.2. The third-order valence-electron chi connectivity index (χ3n) is 6.98. The number of amides is 1. The molecule has 2 aromatic carbocycles. The molecule has 5 rings (SSSR count). The Morgan fingerprint density at radius 2 is 1.70 bits per heavy atom. The number of piperidine rings is 1. The van der Waals surface area contributed by atoms with Crippen LogP contribution in [0.5, 0.6) is 0 Å². The molecule has 1 fully saturated rings. The molecular formula is C30H35N5O3S2. The van der Waals surface area contributed by atoms with Gasteiger partial charge in [-0.25, -0.2) is 13.1 Å². The molecule has 10 heteroatoms. The number of amidine groups is 1. The van der Waals surface area contributed by atoms with Gasteiger partial charge in [0.05, 0.1) is 15.5 Å². The van der Waals surface area contributed by atoms with Gasteiger partial charge >= 0.3 is 0 Å². The van der Waals surface area contributed by atoms with Crippen molar-refractivity contribution in [1.82, 2.24) is 19.0 Å². The highest BCUT2D eigenvalue weighted by Crippen LogP contribution is 2.34. The molecule has 1 amide bonds. The Balaban J connectivity index is 1.54. The number of hydrogen-bond donors (Lipinski definition) is 0. The quantitative estimate of drug-likeness (QED) is 0.299. The third-order valence-corrected chi connectivity index (χ3v) is 9.92. The van der Waals surface area contributed by atoms with Crippen LogP contribution in [0, 0.1) is 0 Å². The number of likely N-dealkylation sites (tertiary alicyclic amines) is 1. The average molecular weight is 578 g/mol. The van der Waals surface area contributed by atoms with Crippen LogP contribution in [-0.2, 0) is 14.8 Å². The fourth-order valence-corrected chi connectivity index (χ4v) is 7.62. The first-order chi connectivity index (χ1) is 19.4. The molecule has 0 radical (unpaired) electrons. The van der Waals surface area contributed by atoms with Crippen LogP contribution in [0.4, 0.5) is 0 Å². The fraction of sp³-hybridized carbons (Fsp3) is 0.367. The molecule has 0 spiro atoms. The van der Waals surface area contributed by atoms with E-state index in [1.165, 1.54) is 18.2 Å². The van der Waals surface area contributed by atoms with Crippen LogP contribution in [-0.4, -0.2) is 64.7 Å². The van der Waals surface area contributed by atoms with Crippen molar-refractivity contribution in [2.24, 2.45) is 4.99 Å². The van der Waals surface area contributed by atoms with Crippen molar-refractivity contribution in [3.8, 4) is 16.9 Å². The number of para-hydroxylation sites is 1. The molecule has 40 heavy (non-hydrogen) atoms. The molecular weight excluding hydrogens is 542 g/mol. The van der Waals surface area contributed by atoms with Crippen LogP contribution in [0.3, 0.4) is 0 Å². The van der Waals surface area contributed by atoms with E-state index in [1.54, 1.807) is 27.2 Å². The standard InChI is InChI=1S/C30H35N5O3S2/c1-3-16-34(17-4-2)40(37,38)26-15-11-12-23(20-26)28-24(22-35(32-28)25-13-7-5-8-14-25)21-27-29(36)31-30(39-27)33-18-9-6-10-19-33/h5,7-8,11-15,20-22H,3-4,6,9-10,16-19H2,1-2H3. The first kappa shape index (κ1) is 28.3. The summed E-state index contributed by atoms with van der Waals surface area (Å²) in [4.78, 5) is 20.2. The number of aromatic nitrogens is 2. The third kappa shape index (κ3) is 6.09. The Labute approximate surface area is 240 Å². The van der Waals surface area contributed by atoms with E-state index < -0.39 is 10.0 Å². The minimum atomic E-state index is -3.66. The Hall–Kier alpha value is -3.21. The van der Waals surface area contributed by atoms with Gasteiger partial charge in [-0.15, -0.1) is 0 Å². The topological polar surface area (TPSA) is 87.9 Å². The lowest BCUT2D eigenvalue weighted by Crippen LogP contribution is -2.33. The lowest BCUT2D eigenvalue weighted by atomic mass is 10.1. The molecule has 2 aliphatic heterocycles. The molecule has 3 heterocycles. The van der Waals surface area contributed by atoms with Gasteiger partial charge in [0, 0.05) is 43.5 Å². The number of benzene rings is 2. The van der Waals surface area contributed by atoms with Crippen LogP contribution in [0.1, 0.15) is 51.5 Å². The number of aliphatic imine (C=N–C) groups is 1. The molecule has 2 aliphatic rings. The summed E-state index contributed by atoms with van der Waals surface area (Å²) in [6, 6.07) is 16.7. The molecule has 0 aliphatic carbocycles. The summed E-state index contributed by atoms with van der Waals surface area (Å²) in [5.74, 6) is -0.255. The summed E-state index contributed by atoms with van der Waals surface area (Å²) in [6.07, 6.45) is 8.61. The van der Waals surface area contributed by atoms with E-state index in [1.807, 2.05) is 62.5 Å². The maximum absolute atomic E-state index is 13.5. The first-order valence-electron chi connectivity index (χ1n) is 13.9. The summed E-state index contributed by atoms with van der Waals surface area (Å²) < 4.78 is 30.4. The van der Waals surface area contributed by atoms with Crippen molar-refractivity contribution in [3.63, 3.8) is 0 Å². The summed E-state index contributed by atoms with van der Waals surface area (Å²) in [5, 5.41) is 5.62. The minimum Gasteiger partial charge on any atom is -0.351 e. The summed E-state index contributed by atoms with van der Waals surface area (Å²) in [5.41, 5.74) is 2.86. The van der Waals surface area contributed by atoms with Gasteiger partial charge in [-0.05, 0) is 74.2 Å². The second-order valence-corrected chi connectivity index (χ2v) is 13.0. The van der Waals surface area contributed by atoms with E-state index >= 15 is 0 Å². The molecule has 1 saturated heterocycles. The largest absolute Gasteiger partial charge is 0.351 e. The van der Waals surface area contributed by atoms with Crippen LogP contribution >= 0.6 is 11.8 Å².